The Bertz CT molecular complexity index is 378. The highest BCUT2D eigenvalue weighted by molar-refractivity contribution is 5.81. The van der Waals surface area contributed by atoms with Crippen LogP contribution < -0.4 is 10.6 Å². The monoisotopic (exact) mass is 263 g/mol. The molecule has 0 bridgehead atoms. The number of hydrogen-bond acceptors (Lipinski definition) is 3. The SMILES string of the molecule is CC(C)N(C)C(=O)CN(CCCN)c1ccccc1. The topological polar surface area (TPSA) is 49.6 Å². The van der Waals surface area contributed by atoms with Gasteiger partial charge in [-0.3, -0.25) is 4.79 Å². The summed E-state index contributed by atoms with van der Waals surface area (Å²) in [5.74, 6) is 0.135. The van der Waals surface area contributed by atoms with Crippen molar-refractivity contribution < 1.29 is 4.79 Å². The van der Waals surface area contributed by atoms with E-state index in [0.29, 0.717) is 13.1 Å². The largest absolute Gasteiger partial charge is 0.362 e. The Morgan fingerprint density at radius 2 is 1.89 bits per heavy atom. The van der Waals surface area contributed by atoms with Crippen molar-refractivity contribution in [2.75, 3.05) is 31.6 Å². The van der Waals surface area contributed by atoms with Crippen LogP contribution in [-0.2, 0) is 4.79 Å². The van der Waals surface area contributed by atoms with Gasteiger partial charge in [0.1, 0.15) is 0 Å². The molecule has 0 unspecified atom stereocenters. The minimum atomic E-state index is 0.135. The fraction of sp³-hybridized carbons (Fsp3) is 0.533. The maximum Gasteiger partial charge on any atom is 0.242 e. The molecule has 0 radical (unpaired) electrons. The van der Waals surface area contributed by atoms with Gasteiger partial charge in [0, 0.05) is 25.3 Å². The molecule has 0 aliphatic rings. The summed E-state index contributed by atoms with van der Waals surface area (Å²) in [7, 11) is 1.85. The molecular formula is C15H25N3O. The number of para-hydroxylation sites is 1. The van der Waals surface area contributed by atoms with Crippen molar-refractivity contribution in [3.8, 4) is 0 Å². The van der Waals surface area contributed by atoms with Gasteiger partial charge in [0.15, 0.2) is 0 Å². The summed E-state index contributed by atoms with van der Waals surface area (Å²) in [6.07, 6.45) is 0.883. The van der Waals surface area contributed by atoms with Crippen LogP contribution in [0, 0.1) is 0 Å². The van der Waals surface area contributed by atoms with Gasteiger partial charge in [0.05, 0.1) is 6.54 Å². The highest BCUT2D eigenvalue weighted by Crippen LogP contribution is 2.13. The minimum absolute atomic E-state index is 0.135. The van der Waals surface area contributed by atoms with Gasteiger partial charge >= 0.3 is 0 Å². The molecule has 1 rings (SSSR count). The lowest BCUT2D eigenvalue weighted by Gasteiger charge is -2.28. The summed E-state index contributed by atoms with van der Waals surface area (Å²) in [6, 6.07) is 10.2. The van der Waals surface area contributed by atoms with Crippen molar-refractivity contribution in [3.05, 3.63) is 30.3 Å². The molecule has 2 N–H and O–H groups in total. The van der Waals surface area contributed by atoms with E-state index in [0.717, 1.165) is 18.7 Å². The number of hydrogen-bond donors (Lipinski definition) is 1. The second kappa shape index (κ2) is 7.79. The predicted molar refractivity (Wildman–Crippen MR) is 80.2 cm³/mol. The van der Waals surface area contributed by atoms with Crippen LogP contribution in [0.1, 0.15) is 20.3 Å². The number of carbonyl (C=O) groups excluding carboxylic acids is 1. The quantitative estimate of drug-likeness (QED) is 0.814. The molecule has 106 valence electrons. The molecule has 1 amide bonds. The number of anilines is 1. The second-order valence-electron chi connectivity index (χ2n) is 5.00. The van der Waals surface area contributed by atoms with Crippen LogP contribution in [0.3, 0.4) is 0 Å². The Labute approximate surface area is 116 Å². The highest BCUT2D eigenvalue weighted by atomic mass is 16.2. The molecule has 0 saturated heterocycles. The normalized spacial score (nSPS) is 10.6. The van der Waals surface area contributed by atoms with Gasteiger partial charge in [-0.2, -0.15) is 0 Å². The molecule has 0 fully saturated rings. The summed E-state index contributed by atoms with van der Waals surface area (Å²) in [6.45, 7) is 5.88. The molecule has 0 saturated carbocycles. The maximum atomic E-state index is 12.2. The van der Waals surface area contributed by atoms with Crippen LogP contribution in [-0.4, -0.2) is 43.5 Å². The van der Waals surface area contributed by atoms with Crippen molar-refractivity contribution in [2.45, 2.75) is 26.3 Å². The van der Waals surface area contributed by atoms with Crippen molar-refractivity contribution in [1.29, 1.82) is 0 Å². The molecule has 4 heteroatoms. The van der Waals surface area contributed by atoms with Gasteiger partial charge in [0.2, 0.25) is 5.91 Å². The Morgan fingerprint density at radius 1 is 1.26 bits per heavy atom. The standard InChI is InChI=1S/C15H25N3O/c1-13(2)17(3)15(19)12-18(11-7-10-16)14-8-5-4-6-9-14/h4-6,8-9,13H,7,10-12,16H2,1-3H3. The fourth-order valence-corrected chi connectivity index (χ4v) is 1.78. The number of amides is 1. The first-order valence-electron chi connectivity index (χ1n) is 6.82. The minimum Gasteiger partial charge on any atom is -0.362 e. The lowest BCUT2D eigenvalue weighted by atomic mass is 10.2. The summed E-state index contributed by atoms with van der Waals surface area (Å²) in [4.78, 5) is 16.1. The zero-order chi connectivity index (χ0) is 14.3. The molecule has 0 aromatic heterocycles. The molecule has 19 heavy (non-hydrogen) atoms. The van der Waals surface area contributed by atoms with Crippen LogP contribution in [0.5, 0.6) is 0 Å². The van der Waals surface area contributed by atoms with Crippen LogP contribution in [0.15, 0.2) is 30.3 Å². The van der Waals surface area contributed by atoms with Gasteiger partial charge in [-0.25, -0.2) is 0 Å². The summed E-state index contributed by atoms with van der Waals surface area (Å²) in [5, 5.41) is 0. The van der Waals surface area contributed by atoms with E-state index in [2.05, 4.69) is 4.90 Å². The van der Waals surface area contributed by atoms with E-state index < -0.39 is 0 Å². The Morgan fingerprint density at radius 3 is 2.42 bits per heavy atom. The van der Waals surface area contributed by atoms with Crippen LogP contribution in [0.4, 0.5) is 5.69 Å². The van der Waals surface area contributed by atoms with Crippen molar-refractivity contribution >= 4 is 11.6 Å². The number of nitrogens with two attached hydrogens (primary N) is 1. The summed E-state index contributed by atoms with van der Waals surface area (Å²) >= 11 is 0. The lowest BCUT2D eigenvalue weighted by Crippen LogP contribution is -2.42. The van der Waals surface area contributed by atoms with Crippen LogP contribution >= 0.6 is 0 Å². The summed E-state index contributed by atoms with van der Waals surface area (Å²) < 4.78 is 0. The number of carbonyl (C=O) groups is 1. The molecule has 0 atom stereocenters. The third-order valence-electron chi connectivity index (χ3n) is 3.25. The van der Waals surface area contributed by atoms with E-state index in [1.54, 1.807) is 4.90 Å². The summed E-state index contributed by atoms with van der Waals surface area (Å²) in [5.41, 5.74) is 6.64. The Kier molecular flexibility index (Phi) is 6.36. The van der Waals surface area contributed by atoms with Crippen molar-refractivity contribution in [2.24, 2.45) is 5.73 Å². The molecular weight excluding hydrogens is 238 g/mol. The van der Waals surface area contributed by atoms with Crippen molar-refractivity contribution in [3.63, 3.8) is 0 Å². The second-order valence-corrected chi connectivity index (χ2v) is 5.00. The van der Waals surface area contributed by atoms with Gasteiger partial charge in [-0.15, -0.1) is 0 Å². The Balaban J connectivity index is 2.73. The number of rotatable bonds is 7. The lowest BCUT2D eigenvalue weighted by molar-refractivity contribution is -0.129. The van der Waals surface area contributed by atoms with Gasteiger partial charge in [-0.05, 0) is 38.9 Å². The zero-order valence-electron chi connectivity index (χ0n) is 12.2. The smallest absolute Gasteiger partial charge is 0.242 e. The van der Waals surface area contributed by atoms with Gasteiger partial charge < -0.3 is 15.5 Å². The Hall–Kier alpha value is -1.55. The van der Waals surface area contributed by atoms with Gasteiger partial charge in [-0.1, -0.05) is 18.2 Å². The molecule has 0 aliphatic heterocycles. The first-order valence-corrected chi connectivity index (χ1v) is 6.82. The molecule has 0 heterocycles. The molecule has 1 aromatic carbocycles. The van der Waals surface area contributed by atoms with Gasteiger partial charge in [0.25, 0.3) is 0 Å². The maximum absolute atomic E-state index is 12.2. The van der Waals surface area contributed by atoms with E-state index in [1.807, 2.05) is 51.2 Å². The number of likely N-dealkylation sites (N-methyl/N-ethyl adjacent to an activating group) is 1. The zero-order valence-corrected chi connectivity index (χ0v) is 12.2. The van der Waals surface area contributed by atoms with E-state index in [-0.39, 0.29) is 11.9 Å². The van der Waals surface area contributed by atoms with E-state index in [1.165, 1.54) is 0 Å². The van der Waals surface area contributed by atoms with Crippen LogP contribution in [0.25, 0.3) is 0 Å². The highest BCUT2D eigenvalue weighted by Gasteiger charge is 2.16. The molecule has 1 aromatic rings. The van der Waals surface area contributed by atoms with E-state index in [4.69, 9.17) is 5.73 Å². The first kappa shape index (κ1) is 15.5. The average molecular weight is 263 g/mol. The molecule has 0 spiro atoms. The average Bonchev–Trinajstić information content (AvgIpc) is 2.43. The van der Waals surface area contributed by atoms with Crippen molar-refractivity contribution in [1.82, 2.24) is 4.90 Å². The third kappa shape index (κ3) is 4.91. The number of nitrogens with zero attached hydrogens (tertiary/aromatic N) is 2. The first-order chi connectivity index (χ1) is 9.06. The van der Waals surface area contributed by atoms with E-state index in [9.17, 15) is 4.79 Å². The molecule has 4 nitrogen and oxygen atoms in total. The number of benzene rings is 1. The van der Waals surface area contributed by atoms with Crippen LogP contribution in [0.2, 0.25) is 0 Å². The predicted octanol–water partition coefficient (Wildman–Crippen LogP) is 1.71. The third-order valence-corrected chi connectivity index (χ3v) is 3.25. The van der Waals surface area contributed by atoms with E-state index >= 15 is 0 Å². The fourth-order valence-electron chi connectivity index (χ4n) is 1.78. The molecule has 0 aliphatic carbocycles.